The summed E-state index contributed by atoms with van der Waals surface area (Å²) in [7, 11) is 0. The van der Waals surface area contributed by atoms with Crippen LogP contribution in [0.1, 0.15) is 41.0 Å². The van der Waals surface area contributed by atoms with Gasteiger partial charge in [-0.15, -0.1) is 0 Å². The lowest BCUT2D eigenvalue weighted by Gasteiger charge is -2.17. The number of halogens is 1. The third kappa shape index (κ3) is 2.18. The fraction of sp³-hybridized carbons (Fsp3) is 0.333. The number of rotatable bonds is 3. The van der Waals surface area contributed by atoms with Crippen LogP contribution in [0.15, 0.2) is 28.9 Å². The molecule has 0 radical (unpaired) electrons. The molecule has 0 saturated heterocycles. The van der Waals surface area contributed by atoms with Gasteiger partial charge in [0.25, 0.3) is 0 Å². The Hall–Kier alpha value is -1.61. The molecule has 1 atom stereocenters. The summed E-state index contributed by atoms with van der Waals surface area (Å²) in [5, 5.41) is 0. The Balaban J connectivity index is 2.49. The summed E-state index contributed by atoms with van der Waals surface area (Å²) < 4.78 is 18.7. The highest BCUT2D eigenvalue weighted by Crippen LogP contribution is 2.29. The highest BCUT2D eigenvalue weighted by molar-refractivity contribution is 5.42. The molecule has 3 heteroatoms. The first-order valence-corrected chi connectivity index (χ1v) is 6.13. The summed E-state index contributed by atoms with van der Waals surface area (Å²) >= 11 is 0. The highest BCUT2D eigenvalue weighted by atomic mass is 19.1. The van der Waals surface area contributed by atoms with Gasteiger partial charge in [0.1, 0.15) is 11.6 Å². The van der Waals surface area contributed by atoms with Gasteiger partial charge in [0.15, 0.2) is 0 Å². The minimum atomic E-state index is -0.265. The van der Waals surface area contributed by atoms with E-state index in [9.17, 15) is 4.39 Å². The fourth-order valence-corrected chi connectivity index (χ4v) is 2.48. The van der Waals surface area contributed by atoms with E-state index in [0.29, 0.717) is 0 Å². The maximum atomic E-state index is 13.3. The number of hydrogen-bond donors (Lipinski definition) is 1. The van der Waals surface area contributed by atoms with Gasteiger partial charge >= 0.3 is 0 Å². The molecule has 0 bridgehead atoms. The van der Waals surface area contributed by atoms with Crippen LogP contribution >= 0.6 is 0 Å². The molecule has 1 heterocycles. The quantitative estimate of drug-likeness (QED) is 0.899. The van der Waals surface area contributed by atoms with Crippen LogP contribution in [0.5, 0.6) is 0 Å². The van der Waals surface area contributed by atoms with Crippen molar-refractivity contribution in [3.05, 3.63) is 58.3 Å². The van der Waals surface area contributed by atoms with E-state index in [4.69, 9.17) is 10.2 Å². The smallest absolute Gasteiger partial charge is 0.123 e. The second kappa shape index (κ2) is 4.94. The average molecular weight is 247 g/mol. The molecule has 1 aromatic heterocycles. The van der Waals surface area contributed by atoms with Crippen molar-refractivity contribution in [3.63, 3.8) is 0 Å². The van der Waals surface area contributed by atoms with Crippen molar-refractivity contribution in [2.24, 2.45) is 5.73 Å². The third-order valence-electron chi connectivity index (χ3n) is 3.31. The molecule has 0 aliphatic heterocycles. The number of hydrogen-bond acceptors (Lipinski definition) is 2. The molecule has 96 valence electrons. The number of furan rings is 1. The van der Waals surface area contributed by atoms with Crippen molar-refractivity contribution in [1.29, 1.82) is 0 Å². The fourth-order valence-electron chi connectivity index (χ4n) is 2.48. The molecule has 0 aliphatic rings. The Labute approximate surface area is 107 Å². The predicted molar refractivity (Wildman–Crippen MR) is 70.0 cm³/mol. The van der Waals surface area contributed by atoms with Gasteiger partial charge in [-0.3, -0.25) is 0 Å². The molecule has 1 unspecified atom stereocenters. The van der Waals surface area contributed by atoms with Crippen LogP contribution in [0.3, 0.4) is 0 Å². The van der Waals surface area contributed by atoms with Crippen LogP contribution in [0.2, 0.25) is 0 Å². The summed E-state index contributed by atoms with van der Waals surface area (Å²) in [6, 6.07) is 4.67. The average Bonchev–Trinajstić information content (AvgIpc) is 2.75. The topological polar surface area (TPSA) is 39.2 Å². The zero-order valence-corrected chi connectivity index (χ0v) is 11.0. The van der Waals surface area contributed by atoms with Crippen molar-refractivity contribution in [2.45, 2.75) is 33.2 Å². The first-order chi connectivity index (χ1) is 8.54. The third-order valence-corrected chi connectivity index (χ3v) is 3.31. The summed E-state index contributed by atoms with van der Waals surface area (Å²) in [6.07, 6.45) is 2.46. The second-order valence-corrected chi connectivity index (χ2v) is 4.58. The summed E-state index contributed by atoms with van der Waals surface area (Å²) in [5.74, 6) is 0.675. The van der Waals surface area contributed by atoms with E-state index in [-0.39, 0.29) is 11.9 Å². The normalized spacial score (nSPS) is 12.7. The lowest BCUT2D eigenvalue weighted by Crippen LogP contribution is -2.16. The first kappa shape index (κ1) is 12.8. The number of nitrogens with two attached hydrogens (primary N) is 1. The van der Waals surface area contributed by atoms with Crippen LogP contribution < -0.4 is 5.73 Å². The van der Waals surface area contributed by atoms with E-state index in [1.807, 2.05) is 26.8 Å². The predicted octanol–water partition coefficient (Wildman–Crippen LogP) is 3.65. The Bertz CT molecular complexity index is 536. The van der Waals surface area contributed by atoms with E-state index in [0.717, 1.165) is 34.4 Å². The minimum absolute atomic E-state index is 0.219. The van der Waals surface area contributed by atoms with Gasteiger partial charge in [-0.05, 0) is 48.7 Å². The molecule has 2 nitrogen and oxygen atoms in total. The Morgan fingerprint density at radius 1 is 1.28 bits per heavy atom. The molecule has 0 fully saturated rings. The second-order valence-electron chi connectivity index (χ2n) is 4.58. The van der Waals surface area contributed by atoms with Gasteiger partial charge < -0.3 is 10.2 Å². The number of benzene rings is 1. The molecule has 0 amide bonds. The molecule has 18 heavy (non-hydrogen) atoms. The van der Waals surface area contributed by atoms with Crippen molar-refractivity contribution in [1.82, 2.24) is 0 Å². The minimum Gasteiger partial charge on any atom is -0.469 e. The molecule has 0 aliphatic carbocycles. The lowest BCUT2D eigenvalue weighted by atomic mass is 9.91. The van der Waals surface area contributed by atoms with E-state index in [2.05, 4.69) is 0 Å². The highest BCUT2D eigenvalue weighted by Gasteiger charge is 2.19. The van der Waals surface area contributed by atoms with Crippen LogP contribution in [0.4, 0.5) is 4.39 Å². The van der Waals surface area contributed by atoms with Gasteiger partial charge in [-0.2, -0.15) is 0 Å². The molecular weight excluding hydrogens is 229 g/mol. The first-order valence-electron chi connectivity index (χ1n) is 6.13. The molecule has 2 aromatic rings. The zero-order chi connectivity index (χ0) is 13.3. The van der Waals surface area contributed by atoms with E-state index < -0.39 is 0 Å². The number of aryl methyl sites for hydroxylation is 3. The van der Waals surface area contributed by atoms with Gasteiger partial charge in [-0.1, -0.05) is 6.92 Å². The Morgan fingerprint density at radius 3 is 2.44 bits per heavy atom. The van der Waals surface area contributed by atoms with Crippen LogP contribution in [-0.2, 0) is 6.42 Å². The summed E-state index contributed by atoms with van der Waals surface area (Å²) in [5.41, 5.74) is 10.0. The molecule has 0 saturated carbocycles. The van der Waals surface area contributed by atoms with Gasteiger partial charge in [0.2, 0.25) is 0 Å². The van der Waals surface area contributed by atoms with Gasteiger partial charge in [0.05, 0.1) is 12.3 Å². The van der Waals surface area contributed by atoms with Crippen LogP contribution in [-0.4, -0.2) is 0 Å². The van der Waals surface area contributed by atoms with Crippen molar-refractivity contribution in [3.8, 4) is 0 Å². The largest absolute Gasteiger partial charge is 0.469 e. The maximum Gasteiger partial charge on any atom is 0.123 e. The molecular formula is C15H18FNO. The van der Waals surface area contributed by atoms with Gasteiger partial charge in [-0.25, -0.2) is 4.39 Å². The summed E-state index contributed by atoms with van der Waals surface area (Å²) in [4.78, 5) is 0. The van der Waals surface area contributed by atoms with E-state index in [1.165, 1.54) is 12.1 Å². The van der Waals surface area contributed by atoms with Gasteiger partial charge in [0, 0.05) is 12.0 Å². The van der Waals surface area contributed by atoms with Crippen molar-refractivity contribution < 1.29 is 8.81 Å². The monoisotopic (exact) mass is 247 g/mol. The van der Waals surface area contributed by atoms with Crippen LogP contribution in [0, 0.1) is 19.7 Å². The Kier molecular flexibility index (Phi) is 3.53. The van der Waals surface area contributed by atoms with Crippen molar-refractivity contribution >= 4 is 0 Å². The zero-order valence-electron chi connectivity index (χ0n) is 11.0. The molecule has 1 aromatic carbocycles. The molecule has 0 spiro atoms. The standard InChI is InChI=1S/C15H18FNO/c1-4-13-12(5-6-18-13)15(17)14-9(2)7-11(16)8-10(14)3/h5-8,15H,4,17H2,1-3H3. The lowest BCUT2D eigenvalue weighted by molar-refractivity contribution is 0.509. The maximum absolute atomic E-state index is 13.3. The Morgan fingerprint density at radius 2 is 1.89 bits per heavy atom. The van der Waals surface area contributed by atoms with Crippen molar-refractivity contribution in [2.75, 3.05) is 0 Å². The van der Waals surface area contributed by atoms with Crippen LogP contribution in [0.25, 0.3) is 0 Å². The SMILES string of the molecule is CCc1occc1C(N)c1c(C)cc(F)cc1C. The van der Waals surface area contributed by atoms with E-state index >= 15 is 0 Å². The molecule has 2 rings (SSSR count). The van der Waals surface area contributed by atoms with E-state index in [1.54, 1.807) is 6.26 Å². The summed E-state index contributed by atoms with van der Waals surface area (Å²) in [6.45, 7) is 5.80. The molecule has 2 N–H and O–H groups in total.